The van der Waals surface area contributed by atoms with Crippen LogP contribution in [0.5, 0.6) is 5.75 Å². The SMILES string of the molecule is CNC(CCOc1ccccc1)C1=CCCO1. The zero-order valence-electron chi connectivity index (χ0n) is 10.2. The molecule has 1 aromatic rings. The van der Waals surface area contributed by atoms with Gasteiger partial charge in [-0.25, -0.2) is 0 Å². The van der Waals surface area contributed by atoms with Crippen LogP contribution >= 0.6 is 0 Å². The van der Waals surface area contributed by atoms with E-state index >= 15 is 0 Å². The number of likely N-dealkylation sites (N-methyl/N-ethyl adjacent to an activating group) is 1. The molecule has 0 amide bonds. The number of benzene rings is 1. The van der Waals surface area contributed by atoms with Crippen molar-refractivity contribution in [3.63, 3.8) is 0 Å². The van der Waals surface area contributed by atoms with Crippen LogP contribution in [0, 0.1) is 0 Å². The van der Waals surface area contributed by atoms with Crippen molar-refractivity contribution >= 4 is 0 Å². The molecule has 0 saturated carbocycles. The second-order valence-corrected chi connectivity index (χ2v) is 4.04. The first-order chi connectivity index (χ1) is 8.40. The highest BCUT2D eigenvalue weighted by Crippen LogP contribution is 2.16. The van der Waals surface area contributed by atoms with Crippen LogP contribution in [-0.2, 0) is 4.74 Å². The van der Waals surface area contributed by atoms with E-state index in [2.05, 4.69) is 11.4 Å². The lowest BCUT2D eigenvalue weighted by Crippen LogP contribution is -2.29. The van der Waals surface area contributed by atoms with Gasteiger partial charge in [-0.05, 0) is 25.3 Å². The first kappa shape index (κ1) is 12.0. The van der Waals surface area contributed by atoms with E-state index in [1.165, 1.54) is 0 Å². The van der Waals surface area contributed by atoms with E-state index in [1.807, 2.05) is 37.4 Å². The van der Waals surface area contributed by atoms with Gasteiger partial charge in [0.25, 0.3) is 0 Å². The zero-order valence-corrected chi connectivity index (χ0v) is 10.2. The fraction of sp³-hybridized carbons (Fsp3) is 0.429. The minimum absolute atomic E-state index is 0.265. The quantitative estimate of drug-likeness (QED) is 0.818. The second kappa shape index (κ2) is 6.30. The van der Waals surface area contributed by atoms with Crippen molar-refractivity contribution < 1.29 is 9.47 Å². The lowest BCUT2D eigenvalue weighted by molar-refractivity contribution is 0.202. The normalized spacial score (nSPS) is 16.2. The molecule has 3 heteroatoms. The molecule has 1 atom stereocenters. The maximum atomic E-state index is 5.68. The van der Waals surface area contributed by atoms with Crippen molar-refractivity contribution in [1.29, 1.82) is 0 Å². The van der Waals surface area contributed by atoms with Crippen LogP contribution in [-0.4, -0.2) is 26.3 Å². The van der Waals surface area contributed by atoms with E-state index in [0.717, 1.165) is 31.0 Å². The van der Waals surface area contributed by atoms with Crippen LogP contribution in [0.3, 0.4) is 0 Å². The van der Waals surface area contributed by atoms with E-state index in [1.54, 1.807) is 0 Å². The van der Waals surface area contributed by atoms with Crippen LogP contribution in [0.4, 0.5) is 0 Å². The topological polar surface area (TPSA) is 30.5 Å². The van der Waals surface area contributed by atoms with Crippen molar-refractivity contribution in [2.24, 2.45) is 0 Å². The maximum Gasteiger partial charge on any atom is 0.119 e. The molecular weight excluding hydrogens is 214 g/mol. The maximum absolute atomic E-state index is 5.68. The summed E-state index contributed by atoms with van der Waals surface area (Å²) in [5, 5.41) is 3.26. The highest BCUT2D eigenvalue weighted by atomic mass is 16.5. The third-order valence-electron chi connectivity index (χ3n) is 2.84. The summed E-state index contributed by atoms with van der Waals surface area (Å²) in [6, 6.07) is 10.2. The summed E-state index contributed by atoms with van der Waals surface area (Å²) < 4.78 is 11.2. The van der Waals surface area contributed by atoms with Crippen LogP contribution in [0.25, 0.3) is 0 Å². The predicted molar refractivity (Wildman–Crippen MR) is 68.1 cm³/mol. The molecule has 3 nitrogen and oxygen atoms in total. The summed E-state index contributed by atoms with van der Waals surface area (Å²) >= 11 is 0. The molecule has 1 heterocycles. The number of para-hydroxylation sites is 1. The average Bonchev–Trinajstić information content (AvgIpc) is 2.90. The Kier molecular flexibility index (Phi) is 4.45. The minimum Gasteiger partial charge on any atom is -0.496 e. The molecule has 2 rings (SSSR count). The van der Waals surface area contributed by atoms with Gasteiger partial charge in [-0.1, -0.05) is 18.2 Å². The molecule has 1 N–H and O–H groups in total. The van der Waals surface area contributed by atoms with E-state index in [4.69, 9.17) is 9.47 Å². The van der Waals surface area contributed by atoms with Gasteiger partial charge in [0.05, 0.1) is 19.3 Å². The number of nitrogens with one attached hydrogen (secondary N) is 1. The molecule has 0 fully saturated rings. The van der Waals surface area contributed by atoms with Gasteiger partial charge in [-0.2, -0.15) is 0 Å². The van der Waals surface area contributed by atoms with Crippen LogP contribution in [0.2, 0.25) is 0 Å². The van der Waals surface area contributed by atoms with Crippen molar-refractivity contribution in [3.8, 4) is 5.75 Å². The molecule has 17 heavy (non-hydrogen) atoms. The van der Waals surface area contributed by atoms with Crippen LogP contribution < -0.4 is 10.1 Å². The lowest BCUT2D eigenvalue weighted by Gasteiger charge is -2.17. The molecule has 1 unspecified atom stereocenters. The zero-order chi connectivity index (χ0) is 11.9. The van der Waals surface area contributed by atoms with Crippen LogP contribution in [0.1, 0.15) is 12.8 Å². The summed E-state index contributed by atoms with van der Waals surface area (Å²) in [6.45, 7) is 1.50. The molecule has 0 spiro atoms. The largest absolute Gasteiger partial charge is 0.496 e. The smallest absolute Gasteiger partial charge is 0.119 e. The number of hydrogen-bond donors (Lipinski definition) is 1. The standard InChI is InChI=1S/C14H19NO2/c1-15-13(14-8-5-10-17-14)9-11-16-12-6-3-2-4-7-12/h2-4,6-8,13,15H,5,9-11H2,1H3. The monoisotopic (exact) mass is 233 g/mol. The number of hydrogen-bond acceptors (Lipinski definition) is 3. The fourth-order valence-electron chi connectivity index (χ4n) is 1.92. The summed E-state index contributed by atoms with van der Waals surface area (Å²) in [7, 11) is 1.95. The summed E-state index contributed by atoms with van der Waals surface area (Å²) in [6.07, 6.45) is 4.09. The second-order valence-electron chi connectivity index (χ2n) is 4.04. The Bertz CT molecular complexity index is 362. The Morgan fingerprint density at radius 3 is 2.82 bits per heavy atom. The van der Waals surface area contributed by atoms with Gasteiger partial charge in [0, 0.05) is 12.8 Å². The van der Waals surface area contributed by atoms with Gasteiger partial charge in [0.2, 0.25) is 0 Å². The van der Waals surface area contributed by atoms with E-state index < -0.39 is 0 Å². The van der Waals surface area contributed by atoms with Crippen molar-refractivity contribution in [3.05, 3.63) is 42.2 Å². The molecule has 92 valence electrons. The van der Waals surface area contributed by atoms with Crippen molar-refractivity contribution in [1.82, 2.24) is 5.32 Å². The Hall–Kier alpha value is -1.48. The molecule has 0 aliphatic carbocycles. The van der Waals surface area contributed by atoms with E-state index in [-0.39, 0.29) is 6.04 Å². The Morgan fingerprint density at radius 1 is 1.35 bits per heavy atom. The average molecular weight is 233 g/mol. The summed E-state index contributed by atoms with van der Waals surface area (Å²) in [4.78, 5) is 0. The molecular formula is C14H19NO2. The summed E-state index contributed by atoms with van der Waals surface area (Å²) in [5.41, 5.74) is 0. The highest BCUT2D eigenvalue weighted by Gasteiger charge is 2.16. The molecule has 1 aliphatic rings. The number of rotatable bonds is 6. The number of ether oxygens (including phenoxy) is 2. The fourth-order valence-corrected chi connectivity index (χ4v) is 1.92. The molecule has 0 aromatic heterocycles. The predicted octanol–water partition coefficient (Wildman–Crippen LogP) is 2.35. The lowest BCUT2D eigenvalue weighted by atomic mass is 10.1. The Morgan fingerprint density at radius 2 is 2.18 bits per heavy atom. The molecule has 0 radical (unpaired) electrons. The first-order valence-corrected chi connectivity index (χ1v) is 6.08. The third kappa shape index (κ3) is 3.49. The van der Waals surface area contributed by atoms with Gasteiger partial charge in [0.15, 0.2) is 0 Å². The Balaban J connectivity index is 1.77. The van der Waals surface area contributed by atoms with Gasteiger partial charge in [0.1, 0.15) is 11.5 Å². The van der Waals surface area contributed by atoms with Gasteiger partial charge in [-0.3, -0.25) is 0 Å². The van der Waals surface area contributed by atoms with Crippen LogP contribution in [0.15, 0.2) is 42.2 Å². The molecule has 0 bridgehead atoms. The van der Waals surface area contributed by atoms with Crippen molar-refractivity contribution in [2.45, 2.75) is 18.9 Å². The first-order valence-electron chi connectivity index (χ1n) is 6.08. The van der Waals surface area contributed by atoms with E-state index in [0.29, 0.717) is 6.61 Å². The van der Waals surface area contributed by atoms with Gasteiger partial charge < -0.3 is 14.8 Å². The minimum atomic E-state index is 0.265. The highest BCUT2D eigenvalue weighted by molar-refractivity contribution is 5.20. The third-order valence-corrected chi connectivity index (χ3v) is 2.84. The van der Waals surface area contributed by atoms with Crippen molar-refractivity contribution in [2.75, 3.05) is 20.3 Å². The summed E-state index contributed by atoms with van der Waals surface area (Å²) in [5.74, 6) is 1.98. The van der Waals surface area contributed by atoms with E-state index in [9.17, 15) is 0 Å². The molecule has 0 saturated heterocycles. The molecule has 1 aromatic carbocycles. The molecule has 1 aliphatic heterocycles. The Labute approximate surface area is 102 Å². The van der Waals surface area contributed by atoms with Gasteiger partial charge >= 0.3 is 0 Å². The van der Waals surface area contributed by atoms with Gasteiger partial charge in [-0.15, -0.1) is 0 Å².